The quantitative estimate of drug-likeness (QED) is 0.660. The molecule has 76 valence electrons. The zero-order valence-corrected chi connectivity index (χ0v) is 8.99. The molecule has 1 heterocycles. The summed E-state index contributed by atoms with van der Waals surface area (Å²) in [5.74, 6) is 0. The first kappa shape index (κ1) is 9.72. The summed E-state index contributed by atoms with van der Waals surface area (Å²) in [6.07, 6.45) is 4.66. The van der Waals surface area contributed by atoms with Crippen molar-refractivity contribution in [2.45, 2.75) is 45.3 Å². The van der Waals surface area contributed by atoms with Crippen LogP contribution in [0.4, 0.5) is 0 Å². The Hall–Kier alpha value is -0.820. The Morgan fingerprint density at radius 1 is 1.21 bits per heavy atom. The minimum atomic E-state index is 0.391. The fourth-order valence-electron chi connectivity index (χ4n) is 1.82. The number of hydrogen-bond donors (Lipinski definition) is 0. The third-order valence-electron chi connectivity index (χ3n) is 2.83. The lowest BCUT2D eigenvalue weighted by Crippen LogP contribution is -1.88. The van der Waals surface area contributed by atoms with E-state index in [4.69, 9.17) is 4.74 Å². The van der Waals surface area contributed by atoms with Gasteiger partial charge >= 0.3 is 0 Å². The van der Waals surface area contributed by atoms with Crippen LogP contribution in [0.3, 0.4) is 0 Å². The Morgan fingerprint density at radius 2 is 1.93 bits per heavy atom. The maximum Gasteiger partial charge on any atom is 0.109 e. The van der Waals surface area contributed by atoms with Gasteiger partial charge in [0, 0.05) is 0 Å². The third-order valence-corrected chi connectivity index (χ3v) is 2.83. The molecule has 0 aliphatic carbocycles. The van der Waals surface area contributed by atoms with E-state index in [0.717, 1.165) is 0 Å². The highest BCUT2D eigenvalue weighted by atomic mass is 16.6. The Morgan fingerprint density at radius 3 is 2.57 bits per heavy atom. The summed E-state index contributed by atoms with van der Waals surface area (Å²) >= 11 is 0. The van der Waals surface area contributed by atoms with Crippen LogP contribution in [0.15, 0.2) is 24.3 Å². The number of rotatable bonds is 4. The van der Waals surface area contributed by atoms with Crippen LogP contribution in [-0.4, -0.2) is 6.10 Å². The average molecular weight is 190 g/mol. The maximum absolute atomic E-state index is 5.64. The minimum Gasteiger partial charge on any atom is -0.365 e. The molecule has 0 bridgehead atoms. The predicted molar refractivity (Wildman–Crippen MR) is 58.3 cm³/mol. The molecular weight excluding hydrogens is 172 g/mol. The molecule has 0 N–H and O–H groups in total. The standard InChI is InChI=1S/C13H18O/c1-3-4-5-12-13(14-12)11-8-6-10(2)7-9-11/h6-9,12-13H,3-5H2,1-2H3/t12-,13-/m1/s1. The average Bonchev–Trinajstić information content (AvgIpc) is 2.95. The van der Waals surface area contributed by atoms with Gasteiger partial charge in [0.15, 0.2) is 0 Å². The summed E-state index contributed by atoms with van der Waals surface area (Å²) in [6, 6.07) is 8.69. The van der Waals surface area contributed by atoms with Gasteiger partial charge in [-0.2, -0.15) is 0 Å². The molecule has 1 aliphatic heterocycles. The van der Waals surface area contributed by atoms with Crippen molar-refractivity contribution in [1.29, 1.82) is 0 Å². The monoisotopic (exact) mass is 190 g/mol. The van der Waals surface area contributed by atoms with E-state index < -0.39 is 0 Å². The van der Waals surface area contributed by atoms with Crippen molar-refractivity contribution in [3.8, 4) is 0 Å². The molecule has 14 heavy (non-hydrogen) atoms. The zero-order valence-electron chi connectivity index (χ0n) is 8.99. The van der Waals surface area contributed by atoms with Gasteiger partial charge in [0.25, 0.3) is 0 Å². The van der Waals surface area contributed by atoms with Gasteiger partial charge in [0.05, 0.1) is 6.10 Å². The van der Waals surface area contributed by atoms with Crippen LogP contribution < -0.4 is 0 Å². The first-order valence-electron chi connectivity index (χ1n) is 5.53. The molecule has 1 aliphatic rings. The molecule has 0 amide bonds. The molecule has 0 aromatic heterocycles. The lowest BCUT2D eigenvalue weighted by atomic mass is 10.1. The number of benzene rings is 1. The van der Waals surface area contributed by atoms with Crippen LogP contribution in [0.25, 0.3) is 0 Å². The topological polar surface area (TPSA) is 12.5 Å². The maximum atomic E-state index is 5.64. The Balaban J connectivity index is 1.89. The second kappa shape index (κ2) is 4.14. The van der Waals surface area contributed by atoms with Gasteiger partial charge in [-0.3, -0.25) is 0 Å². The fraction of sp³-hybridized carbons (Fsp3) is 0.538. The van der Waals surface area contributed by atoms with Crippen molar-refractivity contribution in [2.75, 3.05) is 0 Å². The summed E-state index contributed by atoms with van der Waals surface area (Å²) in [4.78, 5) is 0. The summed E-state index contributed by atoms with van der Waals surface area (Å²) in [6.45, 7) is 4.34. The lowest BCUT2D eigenvalue weighted by Gasteiger charge is -1.96. The first-order chi connectivity index (χ1) is 6.81. The van der Waals surface area contributed by atoms with Crippen LogP contribution >= 0.6 is 0 Å². The van der Waals surface area contributed by atoms with Crippen LogP contribution in [-0.2, 0) is 4.74 Å². The summed E-state index contributed by atoms with van der Waals surface area (Å²) in [7, 11) is 0. The molecular formula is C13H18O. The Labute approximate surface area is 86.1 Å². The third kappa shape index (κ3) is 2.16. The number of hydrogen-bond acceptors (Lipinski definition) is 1. The molecule has 1 nitrogen and oxygen atoms in total. The van der Waals surface area contributed by atoms with Crippen LogP contribution in [0.5, 0.6) is 0 Å². The van der Waals surface area contributed by atoms with Crippen LogP contribution in [0.2, 0.25) is 0 Å². The first-order valence-corrected chi connectivity index (χ1v) is 5.53. The fourth-order valence-corrected chi connectivity index (χ4v) is 1.82. The number of aryl methyl sites for hydroxylation is 1. The number of unbranched alkanes of at least 4 members (excludes halogenated alkanes) is 1. The van der Waals surface area contributed by atoms with Gasteiger partial charge in [0.1, 0.15) is 6.10 Å². The van der Waals surface area contributed by atoms with E-state index in [-0.39, 0.29) is 0 Å². The highest BCUT2D eigenvalue weighted by molar-refractivity contribution is 5.26. The van der Waals surface area contributed by atoms with Crippen molar-refractivity contribution in [3.63, 3.8) is 0 Å². The normalized spacial score (nSPS) is 25.0. The zero-order chi connectivity index (χ0) is 9.97. The second-order valence-corrected chi connectivity index (χ2v) is 4.15. The Bertz CT molecular complexity index is 289. The van der Waals surface area contributed by atoms with E-state index in [1.807, 2.05) is 0 Å². The van der Waals surface area contributed by atoms with E-state index in [1.165, 1.54) is 30.4 Å². The molecule has 0 saturated carbocycles. The van der Waals surface area contributed by atoms with E-state index in [1.54, 1.807) is 0 Å². The molecule has 1 heteroatoms. The van der Waals surface area contributed by atoms with Gasteiger partial charge in [0.2, 0.25) is 0 Å². The summed E-state index contributed by atoms with van der Waals surface area (Å²) in [5, 5.41) is 0. The van der Waals surface area contributed by atoms with Crippen molar-refractivity contribution >= 4 is 0 Å². The Kier molecular flexibility index (Phi) is 2.87. The van der Waals surface area contributed by atoms with Crippen molar-refractivity contribution in [2.24, 2.45) is 0 Å². The van der Waals surface area contributed by atoms with Crippen LogP contribution in [0, 0.1) is 6.92 Å². The predicted octanol–water partition coefficient (Wildman–Crippen LogP) is 3.63. The van der Waals surface area contributed by atoms with Gasteiger partial charge in [-0.05, 0) is 18.9 Å². The molecule has 0 radical (unpaired) electrons. The molecule has 1 aromatic rings. The van der Waals surface area contributed by atoms with Crippen LogP contribution in [0.1, 0.15) is 43.4 Å². The largest absolute Gasteiger partial charge is 0.365 e. The van der Waals surface area contributed by atoms with Gasteiger partial charge in [-0.25, -0.2) is 0 Å². The molecule has 2 atom stereocenters. The van der Waals surface area contributed by atoms with Crippen molar-refractivity contribution < 1.29 is 4.74 Å². The summed E-state index contributed by atoms with van der Waals surface area (Å²) in [5.41, 5.74) is 2.66. The van der Waals surface area contributed by atoms with Crippen molar-refractivity contribution in [1.82, 2.24) is 0 Å². The van der Waals surface area contributed by atoms with E-state index in [0.29, 0.717) is 12.2 Å². The van der Waals surface area contributed by atoms with Gasteiger partial charge in [-0.15, -0.1) is 0 Å². The minimum absolute atomic E-state index is 0.391. The van der Waals surface area contributed by atoms with E-state index in [9.17, 15) is 0 Å². The van der Waals surface area contributed by atoms with Crippen molar-refractivity contribution in [3.05, 3.63) is 35.4 Å². The number of epoxide rings is 1. The molecule has 0 unspecified atom stereocenters. The van der Waals surface area contributed by atoms with Gasteiger partial charge in [-0.1, -0.05) is 49.6 Å². The molecule has 1 aromatic carbocycles. The molecule has 1 fully saturated rings. The molecule has 0 spiro atoms. The summed E-state index contributed by atoms with van der Waals surface area (Å²) < 4.78 is 5.64. The highest BCUT2D eigenvalue weighted by Crippen LogP contribution is 2.41. The SMILES string of the molecule is CCCC[C@H]1O[C@@H]1c1ccc(C)cc1. The molecule has 1 saturated heterocycles. The lowest BCUT2D eigenvalue weighted by molar-refractivity contribution is 0.362. The van der Waals surface area contributed by atoms with E-state index >= 15 is 0 Å². The second-order valence-electron chi connectivity index (χ2n) is 4.15. The number of ether oxygens (including phenoxy) is 1. The van der Waals surface area contributed by atoms with E-state index in [2.05, 4.69) is 38.1 Å². The molecule has 2 rings (SSSR count). The van der Waals surface area contributed by atoms with Gasteiger partial charge < -0.3 is 4.74 Å². The highest BCUT2D eigenvalue weighted by Gasteiger charge is 2.38. The smallest absolute Gasteiger partial charge is 0.109 e.